The predicted octanol–water partition coefficient (Wildman–Crippen LogP) is 2.95. The van der Waals surface area contributed by atoms with E-state index in [4.69, 9.17) is 9.47 Å². The number of imide groups is 1. The van der Waals surface area contributed by atoms with Crippen LogP contribution in [0.15, 0.2) is 60.8 Å². The van der Waals surface area contributed by atoms with E-state index in [-0.39, 0.29) is 18.5 Å². The largest absolute Gasteiger partial charge is 0.493 e. The van der Waals surface area contributed by atoms with Crippen LogP contribution in [-0.2, 0) is 18.3 Å². The summed E-state index contributed by atoms with van der Waals surface area (Å²) < 4.78 is 12.7. The number of fused-ring (bicyclic) bond motifs is 1. The van der Waals surface area contributed by atoms with Crippen LogP contribution >= 0.6 is 0 Å². The second kappa shape index (κ2) is 9.28. The van der Waals surface area contributed by atoms with Gasteiger partial charge in [-0.15, -0.1) is 0 Å². The van der Waals surface area contributed by atoms with Crippen LogP contribution in [0.1, 0.15) is 33.2 Å². The quantitative estimate of drug-likeness (QED) is 0.647. The van der Waals surface area contributed by atoms with Gasteiger partial charge in [-0.25, -0.2) is 0 Å². The Kier molecular flexibility index (Phi) is 6.28. The average molecular weight is 434 g/mol. The summed E-state index contributed by atoms with van der Waals surface area (Å²) in [6, 6.07) is 17.4. The number of carbonyl (C=O) groups excluding carboxylic acids is 2. The molecule has 32 heavy (non-hydrogen) atoms. The summed E-state index contributed by atoms with van der Waals surface area (Å²) in [4.78, 5) is 27.4. The standard InChI is InChI=1S/C25H27N3O4/c1-27-12-7-10-20(27)25(30)26-23(29)16-28-13-11-18-14-21(31-2)22(32-3)15-19(18)24(28)17-8-5-4-6-9-17/h4-10,12,14-15,24H,11,13,16H2,1-3H3,(H,26,29,30). The lowest BCUT2D eigenvalue weighted by Crippen LogP contribution is -2.44. The maximum Gasteiger partial charge on any atom is 0.274 e. The zero-order chi connectivity index (χ0) is 22.7. The summed E-state index contributed by atoms with van der Waals surface area (Å²) in [6.45, 7) is 0.775. The first-order chi connectivity index (χ1) is 15.5. The molecule has 1 N–H and O–H groups in total. The maximum atomic E-state index is 12.8. The first-order valence-electron chi connectivity index (χ1n) is 10.5. The number of rotatable bonds is 6. The van der Waals surface area contributed by atoms with Crippen LogP contribution in [0, 0.1) is 0 Å². The minimum Gasteiger partial charge on any atom is -0.493 e. The third kappa shape index (κ3) is 4.24. The van der Waals surface area contributed by atoms with E-state index in [9.17, 15) is 9.59 Å². The molecule has 0 spiro atoms. The van der Waals surface area contributed by atoms with E-state index in [1.807, 2.05) is 30.3 Å². The van der Waals surface area contributed by atoms with Crippen molar-refractivity contribution in [3.63, 3.8) is 0 Å². The number of aromatic nitrogens is 1. The van der Waals surface area contributed by atoms with Crippen molar-refractivity contribution < 1.29 is 19.1 Å². The van der Waals surface area contributed by atoms with Crippen LogP contribution < -0.4 is 14.8 Å². The fourth-order valence-corrected chi connectivity index (χ4v) is 4.31. The van der Waals surface area contributed by atoms with E-state index >= 15 is 0 Å². The van der Waals surface area contributed by atoms with Crippen LogP contribution in [0.5, 0.6) is 11.5 Å². The van der Waals surface area contributed by atoms with Crippen molar-refractivity contribution in [2.75, 3.05) is 27.3 Å². The smallest absolute Gasteiger partial charge is 0.274 e. The molecule has 1 aromatic heterocycles. The van der Waals surface area contributed by atoms with Crippen molar-refractivity contribution in [3.05, 3.63) is 83.2 Å². The Bertz CT molecular complexity index is 1120. The lowest BCUT2D eigenvalue weighted by Gasteiger charge is -2.37. The molecule has 166 valence electrons. The van der Waals surface area contributed by atoms with Crippen LogP contribution in [-0.4, -0.2) is 48.6 Å². The number of carbonyl (C=O) groups is 2. The molecular weight excluding hydrogens is 406 g/mol. The van der Waals surface area contributed by atoms with Crippen molar-refractivity contribution in [1.82, 2.24) is 14.8 Å². The van der Waals surface area contributed by atoms with Crippen LogP contribution in [0.3, 0.4) is 0 Å². The Morgan fingerprint density at radius 1 is 1.03 bits per heavy atom. The molecule has 1 aliphatic rings. The fraction of sp³-hybridized carbons (Fsp3) is 0.280. The highest BCUT2D eigenvalue weighted by atomic mass is 16.5. The number of hydrogen-bond donors (Lipinski definition) is 1. The molecule has 0 fully saturated rings. The number of methoxy groups -OCH3 is 2. The molecule has 2 amide bonds. The molecule has 2 heterocycles. The molecule has 0 radical (unpaired) electrons. The van der Waals surface area contributed by atoms with Gasteiger partial charge < -0.3 is 14.0 Å². The zero-order valence-electron chi connectivity index (χ0n) is 18.5. The Morgan fingerprint density at radius 2 is 1.75 bits per heavy atom. The Hall–Kier alpha value is -3.58. The molecule has 1 unspecified atom stereocenters. The van der Waals surface area contributed by atoms with Crippen molar-refractivity contribution in [2.45, 2.75) is 12.5 Å². The molecule has 1 aliphatic heterocycles. The van der Waals surface area contributed by atoms with Gasteiger partial charge in [0.05, 0.1) is 26.8 Å². The number of hydrogen-bond acceptors (Lipinski definition) is 5. The van der Waals surface area contributed by atoms with Gasteiger partial charge in [0.1, 0.15) is 5.69 Å². The molecule has 7 heteroatoms. The van der Waals surface area contributed by atoms with Crippen molar-refractivity contribution in [2.24, 2.45) is 7.05 Å². The van der Waals surface area contributed by atoms with Gasteiger partial charge in [0.15, 0.2) is 11.5 Å². The summed E-state index contributed by atoms with van der Waals surface area (Å²) in [5.74, 6) is 0.610. The lowest BCUT2D eigenvalue weighted by molar-refractivity contribution is -0.121. The van der Waals surface area contributed by atoms with Gasteiger partial charge in [0, 0.05) is 19.8 Å². The second-order valence-corrected chi connectivity index (χ2v) is 7.82. The number of nitrogens with zero attached hydrogens (tertiary/aromatic N) is 2. The summed E-state index contributed by atoms with van der Waals surface area (Å²) in [6.07, 6.45) is 2.53. The van der Waals surface area contributed by atoms with E-state index in [2.05, 4.69) is 22.3 Å². The number of benzene rings is 2. The summed E-state index contributed by atoms with van der Waals surface area (Å²) in [5.41, 5.74) is 3.75. The third-order valence-electron chi connectivity index (χ3n) is 5.86. The van der Waals surface area contributed by atoms with Crippen molar-refractivity contribution >= 4 is 11.8 Å². The summed E-state index contributed by atoms with van der Waals surface area (Å²) >= 11 is 0. The molecule has 4 rings (SSSR count). The van der Waals surface area contributed by atoms with Gasteiger partial charge in [0.2, 0.25) is 5.91 Å². The van der Waals surface area contributed by atoms with Crippen molar-refractivity contribution in [3.8, 4) is 11.5 Å². The monoisotopic (exact) mass is 433 g/mol. The molecule has 0 bridgehead atoms. The van der Waals surface area contributed by atoms with Gasteiger partial charge in [-0.1, -0.05) is 30.3 Å². The van der Waals surface area contributed by atoms with Gasteiger partial charge >= 0.3 is 0 Å². The minimum atomic E-state index is -0.400. The normalized spacial score (nSPS) is 15.7. The summed E-state index contributed by atoms with van der Waals surface area (Å²) in [7, 11) is 5.02. The second-order valence-electron chi connectivity index (χ2n) is 7.82. The first-order valence-corrected chi connectivity index (χ1v) is 10.5. The van der Waals surface area contributed by atoms with E-state index < -0.39 is 5.91 Å². The van der Waals surface area contributed by atoms with Gasteiger partial charge in [-0.2, -0.15) is 0 Å². The van der Waals surface area contributed by atoms with Gasteiger partial charge in [-0.3, -0.25) is 19.8 Å². The minimum absolute atomic E-state index is 0.101. The number of aryl methyl sites for hydroxylation is 1. The molecule has 1 atom stereocenters. The lowest BCUT2D eigenvalue weighted by atomic mass is 9.87. The van der Waals surface area contributed by atoms with E-state index in [1.54, 1.807) is 44.2 Å². The molecule has 0 saturated carbocycles. The maximum absolute atomic E-state index is 12.8. The van der Waals surface area contributed by atoms with Crippen molar-refractivity contribution in [1.29, 1.82) is 0 Å². The predicted molar refractivity (Wildman–Crippen MR) is 121 cm³/mol. The molecule has 2 aromatic carbocycles. The molecule has 3 aromatic rings. The summed E-state index contributed by atoms with van der Waals surface area (Å²) in [5, 5.41) is 2.52. The highest BCUT2D eigenvalue weighted by Crippen LogP contribution is 2.40. The first kappa shape index (κ1) is 21.6. The van der Waals surface area contributed by atoms with Crippen LogP contribution in [0.2, 0.25) is 0 Å². The Morgan fingerprint density at radius 3 is 2.41 bits per heavy atom. The molecular formula is C25H27N3O4. The molecule has 7 nitrogen and oxygen atoms in total. The van der Waals surface area contributed by atoms with Gasteiger partial charge in [0.25, 0.3) is 5.91 Å². The molecule has 0 saturated heterocycles. The molecule has 0 aliphatic carbocycles. The Balaban J connectivity index is 1.63. The number of ether oxygens (including phenoxy) is 2. The topological polar surface area (TPSA) is 72.8 Å². The number of nitrogens with one attached hydrogen (secondary N) is 1. The fourth-order valence-electron chi connectivity index (χ4n) is 4.31. The SMILES string of the molecule is COc1cc2c(cc1OC)C(c1ccccc1)N(CC(=O)NC(=O)c1cccn1C)CC2. The van der Waals surface area contributed by atoms with E-state index in [0.29, 0.717) is 23.7 Å². The highest BCUT2D eigenvalue weighted by molar-refractivity contribution is 6.04. The highest BCUT2D eigenvalue weighted by Gasteiger charge is 2.32. The van der Waals surface area contributed by atoms with E-state index in [1.165, 1.54) is 0 Å². The Labute approximate surface area is 187 Å². The van der Waals surface area contributed by atoms with Crippen LogP contribution in [0.4, 0.5) is 0 Å². The number of amides is 2. The average Bonchev–Trinajstić information content (AvgIpc) is 3.24. The zero-order valence-corrected chi connectivity index (χ0v) is 18.5. The van der Waals surface area contributed by atoms with Crippen LogP contribution in [0.25, 0.3) is 0 Å². The van der Waals surface area contributed by atoms with E-state index in [0.717, 1.165) is 23.1 Å². The third-order valence-corrected chi connectivity index (χ3v) is 5.86. The van der Waals surface area contributed by atoms with Gasteiger partial charge in [-0.05, 0) is 47.4 Å².